The molecule has 4 rings (SSSR count). The Morgan fingerprint density at radius 2 is 1.67 bits per heavy atom. The Hall–Kier alpha value is -4.06. The molecule has 0 fully saturated rings. The minimum atomic E-state index is -4.03. The van der Waals surface area contributed by atoms with Crippen LogP contribution in [-0.2, 0) is 6.61 Å². The fourth-order valence-corrected chi connectivity index (χ4v) is 4.93. The summed E-state index contributed by atoms with van der Waals surface area (Å²) in [6.45, 7) is 6.37. The van der Waals surface area contributed by atoms with Gasteiger partial charge in [-0.1, -0.05) is 12.1 Å². The van der Waals surface area contributed by atoms with Gasteiger partial charge in [-0.2, -0.15) is 25.8 Å². The summed E-state index contributed by atoms with van der Waals surface area (Å²) in [5, 5.41) is 24.8. The number of allylic oxidation sites excluding steroid dienone is 1. The smallest absolute Gasteiger partial charge is 0.389 e. The molecular formula is C30H33F3N2O6S. The topological polar surface area (TPSA) is 103 Å². The molecule has 8 nitrogen and oxygen atoms in total. The quantitative estimate of drug-likeness (QED) is 0.135. The van der Waals surface area contributed by atoms with Crippen LogP contribution in [0.25, 0.3) is 16.7 Å². The fourth-order valence-electron chi connectivity index (χ4n) is 4.67. The van der Waals surface area contributed by atoms with E-state index in [1.807, 2.05) is 12.1 Å². The number of aromatic hydroxyl groups is 1. The van der Waals surface area contributed by atoms with Gasteiger partial charge in [-0.05, 0) is 61.9 Å². The van der Waals surface area contributed by atoms with E-state index in [0.29, 0.717) is 11.5 Å². The molecule has 226 valence electrons. The van der Waals surface area contributed by atoms with Crippen molar-refractivity contribution in [3.05, 3.63) is 75.8 Å². The van der Waals surface area contributed by atoms with Crippen LogP contribution in [0.1, 0.15) is 38.3 Å². The molecule has 1 aliphatic heterocycles. The third kappa shape index (κ3) is 8.03. The summed E-state index contributed by atoms with van der Waals surface area (Å²) in [6, 6.07) is 13.2. The maximum absolute atomic E-state index is 11.3. The molecule has 0 atom stereocenters. The SMILES string of the molecule is COc1ccc([N+](=O)[O-])cc1OCc1c(-c2ccc(O)cc2OC)ccc2c1C(C)=CC(C)(C)N2.FC(F)(F)CCS. The Morgan fingerprint density at radius 3 is 2.24 bits per heavy atom. The van der Waals surface area contributed by atoms with Crippen LogP contribution < -0.4 is 19.5 Å². The van der Waals surface area contributed by atoms with Crippen LogP contribution in [0.4, 0.5) is 24.5 Å². The number of ether oxygens (including phenoxy) is 3. The van der Waals surface area contributed by atoms with Crippen molar-refractivity contribution in [2.24, 2.45) is 0 Å². The lowest BCUT2D eigenvalue weighted by atomic mass is 9.85. The molecule has 0 radical (unpaired) electrons. The van der Waals surface area contributed by atoms with E-state index in [9.17, 15) is 28.4 Å². The molecule has 0 saturated carbocycles. The molecule has 0 aromatic heterocycles. The highest BCUT2D eigenvalue weighted by molar-refractivity contribution is 7.80. The number of phenols is 1. The summed E-state index contributed by atoms with van der Waals surface area (Å²) in [4.78, 5) is 10.8. The van der Waals surface area contributed by atoms with E-state index in [1.54, 1.807) is 25.3 Å². The lowest BCUT2D eigenvalue weighted by molar-refractivity contribution is -0.385. The standard InChI is InChI=1S/C27H28N2O6.C3H5F3S/c1-16-14-27(2,3)28-22-10-9-19(20-8-7-18(30)13-24(20)34-5)21(26(16)22)15-35-25-12-17(29(31)32)6-11-23(25)33-4;4-3(5,6)1-2-7/h6-14,28,30H,15H2,1-5H3;7H,1-2H2. The van der Waals surface area contributed by atoms with Gasteiger partial charge in [-0.3, -0.25) is 10.1 Å². The number of hydrogen-bond donors (Lipinski definition) is 3. The minimum absolute atomic E-state index is 0.0872. The van der Waals surface area contributed by atoms with E-state index < -0.39 is 17.5 Å². The number of thiol groups is 1. The van der Waals surface area contributed by atoms with E-state index in [2.05, 4.69) is 44.8 Å². The van der Waals surface area contributed by atoms with Crippen molar-refractivity contribution < 1.29 is 37.4 Å². The molecule has 12 heteroatoms. The van der Waals surface area contributed by atoms with Crippen molar-refractivity contribution in [1.29, 1.82) is 0 Å². The monoisotopic (exact) mass is 606 g/mol. The maximum Gasteiger partial charge on any atom is 0.389 e. The third-order valence-electron chi connectivity index (χ3n) is 6.34. The first-order chi connectivity index (χ1) is 19.7. The lowest BCUT2D eigenvalue weighted by Crippen LogP contribution is -2.32. The van der Waals surface area contributed by atoms with E-state index in [4.69, 9.17) is 14.2 Å². The molecule has 0 saturated heterocycles. The summed E-state index contributed by atoms with van der Waals surface area (Å²) in [7, 11) is 3.04. The number of nitro benzene ring substituents is 1. The highest BCUT2D eigenvalue weighted by Crippen LogP contribution is 2.44. The Kier molecular flexibility index (Phi) is 10.3. The van der Waals surface area contributed by atoms with Crippen LogP contribution in [0.15, 0.2) is 54.6 Å². The number of methoxy groups -OCH3 is 2. The number of alkyl halides is 3. The second-order valence-corrected chi connectivity index (χ2v) is 10.5. The van der Waals surface area contributed by atoms with Crippen molar-refractivity contribution >= 4 is 29.6 Å². The number of phenolic OH excluding ortho intramolecular Hbond substituents is 1. The predicted molar refractivity (Wildman–Crippen MR) is 160 cm³/mol. The zero-order valence-corrected chi connectivity index (χ0v) is 24.7. The summed E-state index contributed by atoms with van der Waals surface area (Å²) in [6.07, 6.45) is -2.66. The Bertz CT molecular complexity index is 1470. The predicted octanol–water partition coefficient (Wildman–Crippen LogP) is 8.04. The summed E-state index contributed by atoms with van der Waals surface area (Å²) in [5.74, 6) is 1.17. The third-order valence-corrected chi connectivity index (χ3v) is 6.57. The Balaban J connectivity index is 0.000000616. The van der Waals surface area contributed by atoms with Crippen LogP contribution in [0.3, 0.4) is 0 Å². The number of fused-ring (bicyclic) bond motifs is 1. The molecule has 3 aromatic carbocycles. The van der Waals surface area contributed by atoms with Crippen molar-refractivity contribution in [3.63, 3.8) is 0 Å². The summed E-state index contributed by atoms with van der Waals surface area (Å²) in [5.41, 5.74) is 5.23. The van der Waals surface area contributed by atoms with E-state index in [-0.39, 0.29) is 35.1 Å². The van der Waals surface area contributed by atoms with Crippen molar-refractivity contribution in [3.8, 4) is 34.1 Å². The molecule has 0 bridgehead atoms. The first-order valence-electron chi connectivity index (χ1n) is 12.8. The van der Waals surface area contributed by atoms with Crippen LogP contribution in [0.5, 0.6) is 23.0 Å². The number of non-ortho nitro benzene ring substituents is 1. The average molecular weight is 607 g/mol. The summed E-state index contributed by atoms with van der Waals surface area (Å²) < 4.78 is 50.1. The average Bonchev–Trinajstić information content (AvgIpc) is 2.90. The Morgan fingerprint density at radius 1 is 1.00 bits per heavy atom. The van der Waals surface area contributed by atoms with Crippen LogP contribution in [0, 0.1) is 10.1 Å². The van der Waals surface area contributed by atoms with Crippen LogP contribution >= 0.6 is 12.6 Å². The molecular weight excluding hydrogens is 573 g/mol. The number of rotatable bonds is 8. The largest absolute Gasteiger partial charge is 0.508 e. The fraction of sp³-hybridized carbons (Fsp3) is 0.333. The van der Waals surface area contributed by atoms with Gasteiger partial charge in [0.1, 0.15) is 18.1 Å². The molecule has 2 N–H and O–H groups in total. The number of nitro groups is 1. The second kappa shape index (κ2) is 13.3. The molecule has 0 spiro atoms. The van der Waals surface area contributed by atoms with Gasteiger partial charge < -0.3 is 24.6 Å². The number of nitrogens with one attached hydrogen (secondary N) is 1. The Labute approximate surface area is 247 Å². The lowest BCUT2D eigenvalue weighted by Gasteiger charge is -2.33. The molecule has 1 heterocycles. The van der Waals surface area contributed by atoms with Crippen LogP contribution in [0.2, 0.25) is 0 Å². The number of hydrogen-bond acceptors (Lipinski definition) is 8. The van der Waals surface area contributed by atoms with Crippen LogP contribution in [-0.4, -0.2) is 41.7 Å². The molecule has 3 aromatic rings. The second-order valence-electron chi connectivity index (χ2n) is 10.0. The van der Waals surface area contributed by atoms with E-state index >= 15 is 0 Å². The molecule has 1 aliphatic rings. The van der Waals surface area contributed by atoms with Crippen molar-refractivity contribution in [1.82, 2.24) is 0 Å². The summed E-state index contributed by atoms with van der Waals surface area (Å²) >= 11 is 3.39. The van der Waals surface area contributed by atoms with Gasteiger partial charge in [0.25, 0.3) is 5.69 Å². The number of anilines is 1. The zero-order valence-electron chi connectivity index (χ0n) is 23.8. The van der Waals surface area contributed by atoms with E-state index in [0.717, 1.165) is 33.5 Å². The van der Waals surface area contributed by atoms with Gasteiger partial charge in [-0.25, -0.2) is 0 Å². The highest BCUT2D eigenvalue weighted by atomic mass is 32.1. The van der Waals surface area contributed by atoms with Gasteiger partial charge in [-0.15, -0.1) is 0 Å². The van der Waals surface area contributed by atoms with Gasteiger partial charge in [0, 0.05) is 34.5 Å². The molecule has 42 heavy (non-hydrogen) atoms. The zero-order chi connectivity index (χ0) is 31.2. The van der Waals surface area contributed by atoms with E-state index in [1.165, 1.54) is 25.3 Å². The normalized spacial score (nSPS) is 13.5. The number of benzene rings is 3. The van der Waals surface area contributed by atoms with Gasteiger partial charge in [0.15, 0.2) is 11.5 Å². The van der Waals surface area contributed by atoms with Crippen molar-refractivity contribution in [2.45, 2.75) is 45.5 Å². The first kappa shape index (κ1) is 32.5. The number of nitrogens with zero attached hydrogens (tertiary/aromatic N) is 1. The molecule has 0 unspecified atom stereocenters. The highest BCUT2D eigenvalue weighted by Gasteiger charge is 2.27. The van der Waals surface area contributed by atoms with Crippen molar-refractivity contribution in [2.75, 3.05) is 25.3 Å². The molecule has 0 aliphatic carbocycles. The number of halogens is 3. The van der Waals surface area contributed by atoms with Gasteiger partial charge in [0.05, 0.1) is 37.2 Å². The maximum atomic E-state index is 11.3. The molecule has 0 amide bonds. The minimum Gasteiger partial charge on any atom is -0.508 e. The van der Waals surface area contributed by atoms with Gasteiger partial charge >= 0.3 is 6.18 Å². The van der Waals surface area contributed by atoms with Gasteiger partial charge in [0.2, 0.25) is 0 Å². The first-order valence-corrected chi connectivity index (χ1v) is 13.5.